The van der Waals surface area contributed by atoms with Crippen LogP contribution in [0.15, 0.2) is 42.7 Å². The number of aromatic nitrogens is 1. The van der Waals surface area contributed by atoms with Gasteiger partial charge < -0.3 is 0 Å². The first kappa shape index (κ1) is 9.84. The molecule has 15 heavy (non-hydrogen) atoms. The fourth-order valence-electron chi connectivity index (χ4n) is 1.69. The summed E-state index contributed by atoms with van der Waals surface area (Å²) in [5, 5.41) is 0. The summed E-state index contributed by atoms with van der Waals surface area (Å²) in [5.41, 5.74) is 2.63. The van der Waals surface area contributed by atoms with Crippen molar-refractivity contribution in [1.29, 1.82) is 0 Å². The number of benzene rings is 1. The van der Waals surface area contributed by atoms with Gasteiger partial charge in [0.25, 0.3) is 0 Å². The molecule has 0 fully saturated rings. The van der Waals surface area contributed by atoms with Crippen molar-refractivity contribution in [2.75, 3.05) is 0 Å². The first-order valence-electron chi connectivity index (χ1n) is 5.00. The molecule has 0 bridgehead atoms. The quantitative estimate of drug-likeness (QED) is 0.725. The van der Waals surface area contributed by atoms with E-state index < -0.39 is 0 Å². The average molecular weight is 201 g/mol. The highest BCUT2D eigenvalue weighted by molar-refractivity contribution is 5.66. The Morgan fingerprint density at radius 2 is 1.87 bits per heavy atom. The van der Waals surface area contributed by atoms with Gasteiger partial charge >= 0.3 is 0 Å². The van der Waals surface area contributed by atoms with Crippen molar-refractivity contribution in [2.45, 2.75) is 13.3 Å². The van der Waals surface area contributed by atoms with E-state index in [0.717, 1.165) is 16.7 Å². The van der Waals surface area contributed by atoms with Crippen LogP contribution in [0.3, 0.4) is 0 Å². The van der Waals surface area contributed by atoms with E-state index in [1.54, 1.807) is 6.20 Å². The number of hydrogen-bond acceptors (Lipinski definition) is 1. The Hall–Kier alpha value is -1.70. The Balaban J connectivity index is 2.58. The Kier molecular flexibility index (Phi) is 2.77. The first-order valence-corrected chi connectivity index (χ1v) is 5.00. The van der Waals surface area contributed by atoms with Gasteiger partial charge in [0, 0.05) is 11.8 Å². The molecule has 0 amide bonds. The van der Waals surface area contributed by atoms with Crippen LogP contribution in [-0.4, -0.2) is 4.98 Å². The van der Waals surface area contributed by atoms with Crippen LogP contribution in [0.4, 0.5) is 4.39 Å². The van der Waals surface area contributed by atoms with Crippen molar-refractivity contribution in [3.05, 3.63) is 54.1 Å². The van der Waals surface area contributed by atoms with E-state index >= 15 is 0 Å². The monoisotopic (exact) mass is 201 g/mol. The van der Waals surface area contributed by atoms with Crippen LogP contribution in [0.25, 0.3) is 11.1 Å². The fourth-order valence-corrected chi connectivity index (χ4v) is 1.69. The summed E-state index contributed by atoms with van der Waals surface area (Å²) >= 11 is 0. The molecule has 1 nitrogen and oxygen atoms in total. The summed E-state index contributed by atoms with van der Waals surface area (Å²) in [6.45, 7) is 1.95. The Morgan fingerprint density at radius 1 is 1.13 bits per heavy atom. The van der Waals surface area contributed by atoms with Crippen molar-refractivity contribution < 1.29 is 4.39 Å². The SMILES string of the molecule is CCc1c(F)cncc1-c1ccccc1. The number of hydrogen-bond donors (Lipinski definition) is 0. The highest BCUT2D eigenvalue weighted by Crippen LogP contribution is 2.24. The van der Waals surface area contributed by atoms with Crippen LogP contribution in [0.2, 0.25) is 0 Å². The topological polar surface area (TPSA) is 12.9 Å². The molecule has 0 aliphatic heterocycles. The molecule has 0 aliphatic carbocycles. The van der Waals surface area contributed by atoms with E-state index in [9.17, 15) is 4.39 Å². The molecule has 76 valence electrons. The second kappa shape index (κ2) is 4.22. The third kappa shape index (κ3) is 1.89. The maximum Gasteiger partial charge on any atom is 0.145 e. The first-order chi connectivity index (χ1) is 7.33. The van der Waals surface area contributed by atoms with E-state index in [1.165, 1.54) is 6.20 Å². The van der Waals surface area contributed by atoms with Crippen LogP contribution in [0, 0.1) is 5.82 Å². The molecule has 0 atom stereocenters. The van der Waals surface area contributed by atoms with Gasteiger partial charge in [-0.1, -0.05) is 37.3 Å². The minimum absolute atomic E-state index is 0.223. The molecule has 0 saturated heterocycles. The van der Waals surface area contributed by atoms with E-state index in [-0.39, 0.29) is 5.82 Å². The molecule has 0 radical (unpaired) electrons. The van der Waals surface area contributed by atoms with Gasteiger partial charge in [-0.05, 0) is 17.5 Å². The molecule has 2 aromatic rings. The molecule has 0 saturated carbocycles. The van der Waals surface area contributed by atoms with Crippen molar-refractivity contribution in [3.8, 4) is 11.1 Å². The summed E-state index contributed by atoms with van der Waals surface area (Å²) in [5.74, 6) is -0.223. The van der Waals surface area contributed by atoms with Crippen LogP contribution in [0.1, 0.15) is 12.5 Å². The third-order valence-electron chi connectivity index (χ3n) is 2.44. The molecular weight excluding hydrogens is 189 g/mol. The zero-order valence-electron chi connectivity index (χ0n) is 8.57. The molecular formula is C13H12FN. The summed E-state index contributed by atoms with van der Waals surface area (Å²) < 4.78 is 13.5. The average Bonchev–Trinajstić information content (AvgIpc) is 2.30. The van der Waals surface area contributed by atoms with E-state index in [1.807, 2.05) is 37.3 Å². The van der Waals surface area contributed by atoms with Crippen LogP contribution in [0.5, 0.6) is 0 Å². The van der Waals surface area contributed by atoms with Gasteiger partial charge in [0.15, 0.2) is 0 Å². The van der Waals surface area contributed by atoms with Gasteiger partial charge in [-0.15, -0.1) is 0 Å². The molecule has 0 aliphatic rings. The standard InChI is InChI=1S/C13H12FN/c1-2-11-12(8-15-9-13(11)14)10-6-4-3-5-7-10/h3-9H,2H2,1H3. The van der Waals surface area contributed by atoms with E-state index in [2.05, 4.69) is 4.98 Å². The minimum Gasteiger partial charge on any atom is -0.261 e. The molecule has 1 aromatic heterocycles. The fraction of sp³-hybridized carbons (Fsp3) is 0.154. The number of rotatable bonds is 2. The smallest absolute Gasteiger partial charge is 0.145 e. The van der Waals surface area contributed by atoms with Crippen molar-refractivity contribution >= 4 is 0 Å². The Bertz CT molecular complexity index is 451. The molecule has 0 N–H and O–H groups in total. The zero-order chi connectivity index (χ0) is 10.7. The van der Waals surface area contributed by atoms with Crippen molar-refractivity contribution in [3.63, 3.8) is 0 Å². The number of pyridine rings is 1. The summed E-state index contributed by atoms with van der Waals surface area (Å²) in [7, 11) is 0. The Labute approximate surface area is 88.6 Å². The van der Waals surface area contributed by atoms with Crippen molar-refractivity contribution in [2.24, 2.45) is 0 Å². The van der Waals surface area contributed by atoms with Crippen LogP contribution in [-0.2, 0) is 6.42 Å². The van der Waals surface area contributed by atoms with E-state index in [4.69, 9.17) is 0 Å². The lowest BCUT2D eigenvalue weighted by atomic mass is 10.0. The second-order valence-corrected chi connectivity index (χ2v) is 3.37. The second-order valence-electron chi connectivity index (χ2n) is 3.37. The minimum atomic E-state index is -0.223. The van der Waals surface area contributed by atoms with Gasteiger partial charge in [0.1, 0.15) is 5.82 Å². The maximum atomic E-state index is 13.5. The third-order valence-corrected chi connectivity index (χ3v) is 2.44. The summed E-state index contributed by atoms with van der Waals surface area (Å²) in [6, 6.07) is 9.77. The van der Waals surface area contributed by atoms with Crippen LogP contribution < -0.4 is 0 Å². The molecule has 0 unspecified atom stereocenters. The normalized spacial score (nSPS) is 10.3. The van der Waals surface area contributed by atoms with Gasteiger partial charge in [-0.25, -0.2) is 4.39 Å². The van der Waals surface area contributed by atoms with Gasteiger partial charge in [0.2, 0.25) is 0 Å². The van der Waals surface area contributed by atoms with E-state index in [0.29, 0.717) is 6.42 Å². The maximum absolute atomic E-state index is 13.5. The summed E-state index contributed by atoms with van der Waals surface area (Å²) in [6.07, 6.45) is 3.67. The lowest BCUT2D eigenvalue weighted by Gasteiger charge is -2.07. The lowest BCUT2D eigenvalue weighted by Crippen LogP contribution is -1.94. The lowest BCUT2D eigenvalue weighted by molar-refractivity contribution is 0.606. The largest absolute Gasteiger partial charge is 0.261 e. The zero-order valence-corrected chi connectivity index (χ0v) is 8.57. The van der Waals surface area contributed by atoms with Crippen LogP contribution >= 0.6 is 0 Å². The highest BCUT2D eigenvalue weighted by atomic mass is 19.1. The molecule has 0 spiro atoms. The van der Waals surface area contributed by atoms with Crippen molar-refractivity contribution in [1.82, 2.24) is 4.98 Å². The molecule has 1 heterocycles. The molecule has 2 heteroatoms. The number of halogens is 1. The van der Waals surface area contributed by atoms with Gasteiger partial charge in [-0.2, -0.15) is 0 Å². The molecule has 2 rings (SSSR count). The predicted molar refractivity (Wildman–Crippen MR) is 59.0 cm³/mol. The predicted octanol–water partition coefficient (Wildman–Crippen LogP) is 3.45. The molecule has 1 aromatic carbocycles. The van der Waals surface area contributed by atoms with Gasteiger partial charge in [0.05, 0.1) is 6.20 Å². The highest BCUT2D eigenvalue weighted by Gasteiger charge is 2.08. The number of nitrogens with zero attached hydrogens (tertiary/aromatic N) is 1. The summed E-state index contributed by atoms with van der Waals surface area (Å²) in [4.78, 5) is 3.89. The van der Waals surface area contributed by atoms with Gasteiger partial charge in [-0.3, -0.25) is 4.98 Å². The Morgan fingerprint density at radius 3 is 2.53 bits per heavy atom.